The number of ether oxygens (including phenoxy) is 1. The van der Waals surface area contributed by atoms with Crippen molar-refractivity contribution in [3.05, 3.63) is 93.3 Å². The summed E-state index contributed by atoms with van der Waals surface area (Å²) >= 11 is 6.18. The third kappa shape index (κ3) is 4.75. The summed E-state index contributed by atoms with van der Waals surface area (Å²) in [6.45, 7) is 2.53. The molecule has 1 saturated carbocycles. The molecule has 5 rings (SSSR count). The van der Waals surface area contributed by atoms with Crippen molar-refractivity contribution >= 4 is 48.9 Å². The van der Waals surface area contributed by atoms with E-state index in [9.17, 15) is 15.0 Å². The molecule has 204 valence electrons. The van der Waals surface area contributed by atoms with Crippen molar-refractivity contribution in [1.29, 1.82) is 5.26 Å². The number of carbonyl (C=O) groups excluding carboxylic acids is 1. The lowest BCUT2D eigenvalue weighted by Crippen LogP contribution is -2.62. The molecular weight excluding hydrogens is 554 g/mol. The van der Waals surface area contributed by atoms with Gasteiger partial charge in [-0.2, -0.15) is 5.26 Å². The smallest absolute Gasteiger partial charge is 0.257 e. The molecule has 1 atom stereocenters. The van der Waals surface area contributed by atoms with Gasteiger partial charge in [0.2, 0.25) is 0 Å². The fraction of sp³-hybridized carbons (Fsp3) is 0.357. The summed E-state index contributed by atoms with van der Waals surface area (Å²) in [5, 5.41) is 26.1. The molecule has 0 bridgehead atoms. The number of hydrogen-bond acceptors (Lipinski definition) is 7. The van der Waals surface area contributed by atoms with Gasteiger partial charge in [0.15, 0.2) is 5.72 Å². The van der Waals surface area contributed by atoms with Crippen LogP contribution in [0.2, 0.25) is 5.02 Å². The predicted molar refractivity (Wildman–Crippen MR) is 154 cm³/mol. The third-order valence-electron chi connectivity index (χ3n) is 7.94. The van der Waals surface area contributed by atoms with Crippen LogP contribution in [0.1, 0.15) is 65.1 Å². The Morgan fingerprint density at radius 2 is 1.71 bits per heavy atom. The first-order valence-electron chi connectivity index (χ1n) is 12.9. The quantitative estimate of drug-likeness (QED) is 0.394. The van der Waals surface area contributed by atoms with Gasteiger partial charge in [0, 0.05) is 28.4 Å². The second-order valence-corrected chi connectivity index (χ2v) is 11.7. The minimum atomic E-state index is -2.40. The molecule has 1 amide bonds. The van der Waals surface area contributed by atoms with Gasteiger partial charge in [-0.3, -0.25) is 9.69 Å². The maximum atomic E-state index is 16.4. The molecule has 1 aliphatic carbocycles. The van der Waals surface area contributed by atoms with Crippen LogP contribution in [0.3, 0.4) is 0 Å². The van der Waals surface area contributed by atoms with Gasteiger partial charge in [-0.25, -0.2) is 14.4 Å². The van der Waals surface area contributed by atoms with Crippen LogP contribution in [-0.2, 0) is 22.6 Å². The average molecular weight is 576 g/mol. The normalized spacial score (nSPS) is 19.8. The first-order valence-corrected chi connectivity index (χ1v) is 13.3. The SMILES string of the molecule is [B]C([B])(O)C1(C([B])([B])O[C@]2(c3ccc(Cl)cc3)c3c(F)cc(C(C)(C)O)cc3C(=O)N2Cc2ncc(C#N)cn2)CC1. The standard InChI is InChI=1S/C28H22B4ClFN4O4/c1-24(2,40)17-9-19-22(20(34)10-17)26(16-3-5-18(33)6-4-16,42-28(31,32)25(7-8-25)27(29,30)41)38(23(19)39)14-21-36-12-15(11-35)13-37-21/h3-6,9-10,12-13,40-41H,7-8,14H2,1-2H3/t26-/m1/s1. The van der Waals surface area contributed by atoms with Crippen LogP contribution in [0.25, 0.3) is 0 Å². The van der Waals surface area contributed by atoms with Gasteiger partial charge in [-0.15, -0.1) is 0 Å². The zero-order chi connectivity index (χ0) is 30.9. The first-order chi connectivity index (χ1) is 19.5. The predicted octanol–water partition coefficient (Wildman–Crippen LogP) is 2.00. The Bertz CT molecular complexity index is 1600. The number of nitrogens with zero attached hydrogens (tertiary/aromatic N) is 4. The number of nitriles is 1. The highest BCUT2D eigenvalue weighted by Gasteiger charge is 2.65. The summed E-state index contributed by atoms with van der Waals surface area (Å²) < 4.78 is 22.9. The third-order valence-corrected chi connectivity index (χ3v) is 8.19. The number of fused-ring (bicyclic) bond motifs is 1. The number of rotatable bonds is 8. The average Bonchev–Trinajstić information content (AvgIpc) is 3.70. The molecule has 1 fully saturated rings. The molecule has 3 aromatic rings. The Kier molecular flexibility index (Phi) is 7.18. The molecule has 8 radical (unpaired) electrons. The molecule has 0 spiro atoms. The number of benzene rings is 2. The summed E-state index contributed by atoms with van der Waals surface area (Å²) in [6.07, 6.45) is 2.87. The molecule has 2 aliphatic rings. The molecule has 8 nitrogen and oxygen atoms in total. The summed E-state index contributed by atoms with van der Waals surface area (Å²) in [4.78, 5) is 23.7. The van der Waals surface area contributed by atoms with Gasteiger partial charge in [0.05, 0.1) is 44.5 Å². The van der Waals surface area contributed by atoms with Crippen LogP contribution >= 0.6 is 11.6 Å². The highest BCUT2D eigenvalue weighted by Crippen LogP contribution is 2.61. The Hall–Kier alpha value is -3.16. The van der Waals surface area contributed by atoms with Gasteiger partial charge in [-0.05, 0) is 67.3 Å². The summed E-state index contributed by atoms with van der Waals surface area (Å²) in [5.74, 6) is -1.56. The monoisotopic (exact) mass is 576 g/mol. The number of carbonyl (C=O) groups is 1. The molecular formula is C28H22B4ClFN4O4. The molecule has 2 heterocycles. The number of hydrogen-bond donors (Lipinski definition) is 2. The fourth-order valence-electron chi connectivity index (χ4n) is 5.43. The van der Waals surface area contributed by atoms with Crippen molar-refractivity contribution in [2.75, 3.05) is 0 Å². The summed E-state index contributed by atoms with van der Waals surface area (Å²) in [7, 11) is 24.9. The van der Waals surface area contributed by atoms with Crippen LogP contribution in [0.5, 0.6) is 0 Å². The van der Waals surface area contributed by atoms with Gasteiger partial charge in [0.25, 0.3) is 5.91 Å². The van der Waals surface area contributed by atoms with Crippen molar-refractivity contribution in [3.8, 4) is 6.07 Å². The van der Waals surface area contributed by atoms with Crippen LogP contribution < -0.4 is 0 Å². The van der Waals surface area contributed by atoms with Crippen molar-refractivity contribution in [1.82, 2.24) is 14.9 Å². The van der Waals surface area contributed by atoms with Crippen LogP contribution in [0.4, 0.5) is 4.39 Å². The fourth-order valence-corrected chi connectivity index (χ4v) is 5.55. The van der Waals surface area contributed by atoms with Crippen molar-refractivity contribution in [2.45, 2.75) is 55.4 Å². The Labute approximate surface area is 252 Å². The largest absolute Gasteiger partial charge is 0.409 e. The Balaban J connectivity index is 1.81. The van der Waals surface area contributed by atoms with Crippen molar-refractivity contribution in [3.63, 3.8) is 0 Å². The number of halogens is 2. The Morgan fingerprint density at radius 1 is 1.12 bits per heavy atom. The van der Waals surface area contributed by atoms with E-state index in [-0.39, 0.29) is 53.0 Å². The maximum absolute atomic E-state index is 16.4. The number of aliphatic hydroxyl groups is 2. The maximum Gasteiger partial charge on any atom is 0.257 e. The molecule has 2 N–H and O–H groups in total. The van der Waals surface area contributed by atoms with Gasteiger partial charge in [0.1, 0.15) is 33.4 Å². The van der Waals surface area contributed by atoms with E-state index in [0.29, 0.717) is 5.02 Å². The molecule has 42 heavy (non-hydrogen) atoms. The zero-order valence-electron chi connectivity index (χ0n) is 22.8. The zero-order valence-corrected chi connectivity index (χ0v) is 23.6. The van der Waals surface area contributed by atoms with Gasteiger partial charge < -0.3 is 14.9 Å². The molecule has 1 aromatic heterocycles. The van der Waals surface area contributed by atoms with E-state index in [1.54, 1.807) is 0 Å². The van der Waals surface area contributed by atoms with E-state index in [1.165, 1.54) is 56.6 Å². The summed E-state index contributed by atoms with van der Waals surface area (Å²) in [6, 6.07) is 10.4. The minimum absolute atomic E-state index is 0.0788. The lowest BCUT2D eigenvalue weighted by atomic mass is 9.43. The molecule has 14 heteroatoms. The van der Waals surface area contributed by atoms with Crippen molar-refractivity contribution in [2.24, 2.45) is 5.41 Å². The lowest BCUT2D eigenvalue weighted by Gasteiger charge is -2.51. The van der Waals surface area contributed by atoms with E-state index < -0.39 is 39.3 Å². The molecule has 0 unspecified atom stereocenters. The first kappa shape index (κ1) is 30.3. The van der Waals surface area contributed by atoms with Crippen LogP contribution in [0.15, 0.2) is 48.8 Å². The van der Waals surface area contributed by atoms with E-state index in [1.807, 2.05) is 6.07 Å². The van der Waals surface area contributed by atoms with Crippen molar-refractivity contribution < 1.29 is 24.1 Å². The van der Waals surface area contributed by atoms with Crippen LogP contribution in [-0.4, -0.2) is 73.2 Å². The number of aromatic nitrogens is 2. The lowest BCUT2D eigenvalue weighted by molar-refractivity contribution is -0.169. The highest BCUT2D eigenvalue weighted by molar-refractivity contribution is 6.45. The minimum Gasteiger partial charge on any atom is -0.409 e. The Morgan fingerprint density at radius 3 is 2.21 bits per heavy atom. The topological polar surface area (TPSA) is 120 Å². The van der Waals surface area contributed by atoms with E-state index in [4.69, 9.17) is 53.0 Å². The van der Waals surface area contributed by atoms with Gasteiger partial charge >= 0.3 is 0 Å². The van der Waals surface area contributed by atoms with E-state index >= 15 is 4.39 Å². The summed E-state index contributed by atoms with van der Waals surface area (Å²) in [5.41, 5.74) is -5.19. The second kappa shape index (κ2) is 9.95. The molecule has 0 saturated heterocycles. The molecule has 2 aromatic carbocycles. The highest BCUT2D eigenvalue weighted by atomic mass is 35.5. The van der Waals surface area contributed by atoms with E-state index in [2.05, 4.69) is 9.97 Å². The number of amides is 1. The van der Waals surface area contributed by atoms with Gasteiger partial charge in [-0.1, -0.05) is 23.7 Å². The second-order valence-electron chi connectivity index (χ2n) is 11.3. The van der Waals surface area contributed by atoms with Crippen LogP contribution in [0, 0.1) is 22.6 Å². The molecule has 1 aliphatic heterocycles. The van der Waals surface area contributed by atoms with E-state index in [0.717, 1.165) is 11.0 Å².